The number of benzene rings is 1. The van der Waals surface area contributed by atoms with Gasteiger partial charge in [-0.2, -0.15) is 0 Å². The summed E-state index contributed by atoms with van der Waals surface area (Å²) in [4.78, 5) is 97.8. The van der Waals surface area contributed by atoms with Gasteiger partial charge in [0.1, 0.15) is 0 Å². The predicted octanol–water partition coefficient (Wildman–Crippen LogP) is 16.1. The van der Waals surface area contributed by atoms with Crippen molar-refractivity contribution in [3.63, 3.8) is 0 Å². The van der Waals surface area contributed by atoms with Gasteiger partial charge in [-0.1, -0.05) is 125 Å². The lowest BCUT2D eigenvalue weighted by molar-refractivity contribution is 0.0676. The van der Waals surface area contributed by atoms with Crippen LogP contribution in [0.25, 0.3) is 0 Å². The number of carbonyl (C=O) groups excluding carboxylic acids is 6. The Hall–Kier alpha value is -2.76. The van der Waals surface area contributed by atoms with E-state index in [0.29, 0.717) is 116 Å². The molecule has 0 spiro atoms. The zero-order valence-electron chi connectivity index (χ0n) is 42.2. The molecule has 0 radical (unpaired) electrons. The smallest absolute Gasteiger partial charge is 0.170 e. The Bertz CT molecular complexity index is 1280. The Kier molecular flexibility index (Phi) is 20.8. The quantitative estimate of drug-likeness (QED) is 0.0715. The van der Waals surface area contributed by atoms with E-state index in [0.717, 1.165) is 0 Å². The van der Waals surface area contributed by atoms with Gasteiger partial charge in [0, 0.05) is 65.9 Å². The summed E-state index contributed by atoms with van der Waals surface area (Å²) in [5.41, 5.74) is -6.37. The predicted molar refractivity (Wildman–Crippen MR) is 252 cm³/mol. The van der Waals surface area contributed by atoms with Crippen molar-refractivity contribution in [2.75, 3.05) is 0 Å². The Balaban J connectivity index is 5.99. The fourth-order valence-electron chi connectivity index (χ4n) is 11.1. The molecule has 0 atom stereocenters. The zero-order chi connectivity index (χ0) is 46.7. The highest BCUT2D eigenvalue weighted by Crippen LogP contribution is 2.51. The van der Waals surface area contributed by atoms with E-state index in [-0.39, 0.29) is 68.1 Å². The van der Waals surface area contributed by atoms with Crippen LogP contribution in [-0.2, 0) is 0 Å². The van der Waals surface area contributed by atoms with Gasteiger partial charge in [-0.15, -0.1) is 0 Å². The maximum atomic E-state index is 16.3. The number of ketones is 6. The van der Waals surface area contributed by atoms with Crippen LogP contribution in [0.2, 0.25) is 0 Å². The summed E-state index contributed by atoms with van der Waals surface area (Å²) in [7, 11) is 0. The van der Waals surface area contributed by atoms with E-state index in [2.05, 4.69) is 0 Å². The Morgan fingerprint density at radius 3 is 0.317 bits per heavy atom. The van der Waals surface area contributed by atoms with E-state index in [1.807, 2.05) is 125 Å². The molecule has 6 heteroatoms. The van der Waals surface area contributed by atoms with Crippen molar-refractivity contribution in [2.45, 2.75) is 240 Å². The first-order chi connectivity index (χ1) is 28.3. The van der Waals surface area contributed by atoms with Gasteiger partial charge in [-0.3, -0.25) is 28.8 Å². The molecule has 0 aromatic heterocycles. The maximum absolute atomic E-state index is 16.3. The zero-order valence-corrected chi connectivity index (χ0v) is 42.2. The van der Waals surface area contributed by atoms with E-state index >= 15 is 28.8 Å². The van der Waals surface area contributed by atoms with Crippen LogP contribution in [-0.4, -0.2) is 34.7 Å². The number of Topliss-reactive ketones (excluding diaryl/α,β-unsaturated/α-hetero) is 6. The first kappa shape index (κ1) is 55.3. The van der Waals surface area contributed by atoms with E-state index in [1.165, 1.54) is 0 Å². The van der Waals surface area contributed by atoms with E-state index in [9.17, 15) is 0 Å². The lowest BCUT2D eigenvalue weighted by atomic mass is 9.59. The second kappa shape index (κ2) is 22.5. The van der Waals surface area contributed by atoms with Gasteiger partial charge in [0.25, 0.3) is 0 Å². The fraction of sp³-hybridized carbons (Fsp3) is 0.778. The SMILES string of the molecule is CCC(CC)(CC)C(=O)c1c(C(=O)C(CC)(CC)CC)c(C(=O)C(CC)(CC)CC)c(C(=O)C(CC)(CC)CC)c(C(=O)C(CC)(CC)CC)c1C(=O)C(CC)(CC)CC. The standard InChI is InChI=1S/C54H90O6/c1-19-49(20-2,21-3)43(55)37-38(44(56)50(22-4,23-5)24-6)40(46(58)52(28-10,29-11)30-12)42(48(60)54(34-16,35-17)36-18)41(47(59)53(31-13,32-14)33-15)39(37)45(57)51(25-7,26-8)27-9/h19-36H2,1-18H3. The molecule has 6 nitrogen and oxygen atoms in total. The van der Waals surface area contributed by atoms with E-state index in [1.54, 1.807) is 0 Å². The number of hydrogen-bond donors (Lipinski definition) is 0. The summed E-state index contributed by atoms with van der Waals surface area (Å²) in [6.45, 7) is 35.5. The largest absolute Gasteiger partial charge is 0.294 e. The molecule has 0 heterocycles. The van der Waals surface area contributed by atoms with E-state index in [4.69, 9.17) is 0 Å². The van der Waals surface area contributed by atoms with Gasteiger partial charge < -0.3 is 0 Å². The van der Waals surface area contributed by atoms with Crippen molar-refractivity contribution in [3.05, 3.63) is 33.4 Å². The van der Waals surface area contributed by atoms with Crippen LogP contribution < -0.4 is 0 Å². The maximum Gasteiger partial charge on any atom is 0.170 e. The van der Waals surface area contributed by atoms with Gasteiger partial charge in [0.15, 0.2) is 34.7 Å². The third-order valence-corrected chi connectivity index (χ3v) is 17.9. The van der Waals surface area contributed by atoms with Crippen molar-refractivity contribution in [3.8, 4) is 0 Å². The van der Waals surface area contributed by atoms with Crippen LogP contribution in [0.3, 0.4) is 0 Å². The third-order valence-electron chi connectivity index (χ3n) is 17.9. The summed E-state index contributed by atoms with van der Waals surface area (Å²) in [5, 5.41) is 0. The van der Waals surface area contributed by atoms with Crippen molar-refractivity contribution in [2.24, 2.45) is 32.5 Å². The van der Waals surface area contributed by atoms with Crippen LogP contribution >= 0.6 is 0 Å². The second-order valence-corrected chi connectivity index (χ2v) is 18.3. The number of rotatable bonds is 30. The molecule has 1 rings (SSSR count). The molecule has 0 bridgehead atoms. The Morgan fingerprint density at radius 1 is 0.200 bits per heavy atom. The summed E-state index contributed by atoms with van der Waals surface area (Å²) < 4.78 is 0. The molecule has 1 aromatic rings. The normalized spacial score (nSPS) is 13.1. The van der Waals surface area contributed by atoms with E-state index < -0.39 is 32.5 Å². The Morgan fingerprint density at radius 2 is 0.267 bits per heavy atom. The molecule has 0 aliphatic rings. The highest BCUT2D eigenvalue weighted by atomic mass is 16.2. The highest BCUT2D eigenvalue weighted by Gasteiger charge is 2.54. The molecule has 0 saturated heterocycles. The third kappa shape index (κ3) is 8.89. The van der Waals surface area contributed by atoms with Crippen LogP contribution in [0.5, 0.6) is 0 Å². The summed E-state index contributed by atoms with van der Waals surface area (Å²) in [6, 6.07) is 0. The average molecular weight is 835 g/mol. The minimum Gasteiger partial charge on any atom is -0.294 e. The van der Waals surface area contributed by atoms with Crippen molar-refractivity contribution in [1.29, 1.82) is 0 Å². The van der Waals surface area contributed by atoms with Crippen LogP contribution in [0, 0.1) is 32.5 Å². The lowest BCUT2D eigenvalue weighted by Crippen LogP contribution is -2.45. The molecular formula is C54H90O6. The molecule has 0 saturated carbocycles. The average Bonchev–Trinajstić information content (AvgIpc) is 3.29. The molecule has 0 fully saturated rings. The minimum atomic E-state index is -0.994. The van der Waals surface area contributed by atoms with Crippen LogP contribution in [0.15, 0.2) is 0 Å². The van der Waals surface area contributed by atoms with Gasteiger partial charge in [-0.25, -0.2) is 0 Å². The Labute approximate surface area is 368 Å². The lowest BCUT2D eigenvalue weighted by Gasteiger charge is -2.41. The molecule has 0 amide bonds. The molecule has 60 heavy (non-hydrogen) atoms. The first-order valence-electron chi connectivity index (χ1n) is 24.8. The van der Waals surface area contributed by atoms with Crippen molar-refractivity contribution < 1.29 is 28.8 Å². The van der Waals surface area contributed by atoms with Crippen molar-refractivity contribution in [1.82, 2.24) is 0 Å². The monoisotopic (exact) mass is 835 g/mol. The molecule has 0 N–H and O–H groups in total. The highest BCUT2D eigenvalue weighted by molar-refractivity contribution is 6.31. The molecule has 0 aliphatic heterocycles. The molecule has 1 aromatic carbocycles. The van der Waals surface area contributed by atoms with Gasteiger partial charge >= 0.3 is 0 Å². The topological polar surface area (TPSA) is 102 Å². The number of carbonyl (C=O) groups is 6. The fourth-order valence-corrected chi connectivity index (χ4v) is 11.1. The van der Waals surface area contributed by atoms with Crippen LogP contribution in [0.1, 0.15) is 302 Å². The van der Waals surface area contributed by atoms with Crippen molar-refractivity contribution >= 4 is 34.7 Å². The van der Waals surface area contributed by atoms with Gasteiger partial charge in [0.2, 0.25) is 0 Å². The molecule has 0 unspecified atom stereocenters. The molecule has 0 aliphatic carbocycles. The van der Waals surface area contributed by atoms with Gasteiger partial charge in [-0.05, 0) is 116 Å². The van der Waals surface area contributed by atoms with Crippen LogP contribution in [0.4, 0.5) is 0 Å². The summed E-state index contributed by atoms with van der Waals surface area (Å²) in [5.74, 6) is -2.19. The summed E-state index contributed by atoms with van der Waals surface area (Å²) in [6.07, 6.45) is 7.83. The summed E-state index contributed by atoms with van der Waals surface area (Å²) >= 11 is 0. The van der Waals surface area contributed by atoms with Gasteiger partial charge in [0.05, 0.1) is 0 Å². The second-order valence-electron chi connectivity index (χ2n) is 18.3. The molecule has 342 valence electrons. The minimum absolute atomic E-state index is 0.0669. The first-order valence-corrected chi connectivity index (χ1v) is 24.8. The number of hydrogen-bond acceptors (Lipinski definition) is 6. The molecular weight excluding hydrogens is 745 g/mol.